The van der Waals surface area contributed by atoms with Gasteiger partial charge in [0.1, 0.15) is 0 Å². The molecule has 5 atom stereocenters. The van der Waals surface area contributed by atoms with Gasteiger partial charge in [0.25, 0.3) is 0 Å². The third-order valence-electron chi connectivity index (χ3n) is 7.51. The van der Waals surface area contributed by atoms with Gasteiger partial charge in [-0.15, -0.1) is 0 Å². The fourth-order valence-corrected chi connectivity index (χ4v) is 6.43. The largest absolute Gasteiger partial charge is 0.300 e. The summed E-state index contributed by atoms with van der Waals surface area (Å²) in [4.78, 5) is 8.31. The highest BCUT2D eigenvalue weighted by atomic mass is 15.4. The first-order valence-corrected chi connectivity index (χ1v) is 9.76. The summed E-state index contributed by atoms with van der Waals surface area (Å²) in [7, 11) is 0. The van der Waals surface area contributed by atoms with Gasteiger partial charge in [-0.25, -0.2) is 0 Å². The number of hydrogen-bond acceptors (Lipinski definition) is 3. The predicted molar refractivity (Wildman–Crippen MR) is 92.1 cm³/mol. The molecule has 0 spiro atoms. The Labute approximate surface area is 137 Å². The van der Waals surface area contributed by atoms with Crippen molar-refractivity contribution in [2.45, 2.75) is 77.0 Å². The summed E-state index contributed by atoms with van der Waals surface area (Å²) in [5.74, 6) is 1.99. The summed E-state index contributed by atoms with van der Waals surface area (Å²) in [6.45, 7) is 16.3. The molecule has 4 rings (SSSR count). The first-order chi connectivity index (χ1) is 10.5. The summed E-state index contributed by atoms with van der Waals surface area (Å²) < 4.78 is 0. The lowest BCUT2D eigenvalue weighted by Crippen LogP contribution is -2.55. The van der Waals surface area contributed by atoms with Gasteiger partial charge in [0.15, 0.2) is 0 Å². The van der Waals surface area contributed by atoms with E-state index in [1.165, 1.54) is 58.4 Å². The van der Waals surface area contributed by atoms with Crippen LogP contribution in [0.2, 0.25) is 0 Å². The maximum Gasteiger partial charge on any atom is 0.0244 e. The van der Waals surface area contributed by atoms with E-state index in [0.29, 0.717) is 5.54 Å². The van der Waals surface area contributed by atoms with Crippen molar-refractivity contribution in [3.8, 4) is 0 Å². The molecule has 1 saturated carbocycles. The number of nitrogens with zero attached hydrogens (tertiary/aromatic N) is 3. The molecule has 0 N–H and O–H groups in total. The van der Waals surface area contributed by atoms with Gasteiger partial charge < -0.3 is 4.90 Å². The van der Waals surface area contributed by atoms with Crippen molar-refractivity contribution in [1.82, 2.24) is 14.7 Å². The molecule has 0 amide bonds. The third-order valence-corrected chi connectivity index (χ3v) is 7.51. The molecular formula is C19H35N3. The van der Waals surface area contributed by atoms with Crippen LogP contribution in [0.4, 0.5) is 0 Å². The van der Waals surface area contributed by atoms with Crippen molar-refractivity contribution in [2.24, 2.45) is 11.8 Å². The van der Waals surface area contributed by atoms with Crippen LogP contribution in [-0.4, -0.2) is 71.1 Å². The van der Waals surface area contributed by atoms with Crippen molar-refractivity contribution in [1.29, 1.82) is 0 Å². The highest BCUT2D eigenvalue weighted by Gasteiger charge is 2.50. The van der Waals surface area contributed by atoms with Crippen LogP contribution in [0.15, 0.2) is 0 Å². The molecule has 3 heteroatoms. The quantitative estimate of drug-likeness (QED) is 0.773. The Bertz CT molecular complexity index is 421. The fraction of sp³-hybridized carbons (Fsp3) is 1.00. The maximum atomic E-state index is 2.88. The van der Waals surface area contributed by atoms with E-state index in [1.54, 1.807) is 0 Å². The molecule has 4 bridgehead atoms. The van der Waals surface area contributed by atoms with E-state index in [9.17, 15) is 0 Å². The van der Waals surface area contributed by atoms with Gasteiger partial charge in [-0.05, 0) is 64.5 Å². The molecule has 22 heavy (non-hydrogen) atoms. The molecule has 1 aliphatic carbocycles. The summed E-state index contributed by atoms with van der Waals surface area (Å²) >= 11 is 0. The van der Waals surface area contributed by atoms with E-state index < -0.39 is 0 Å². The van der Waals surface area contributed by atoms with Crippen molar-refractivity contribution in [3.63, 3.8) is 0 Å². The van der Waals surface area contributed by atoms with Crippen LogP contribution >= 0.6 is 0 Å². The molecule has 0 radical (unpaired) electrons. The summed E-state index contributed by atoms with van der Waals surface area (Å²) in [5, 5.41) is 0. The molecule has 3 saturated heterocycles. The number of fused-ring (bicyclic) bond motifs is 4. The average Bonchev–Trinajstić information content (AvgIpc) is 3.24. The van der Waals surface area contributed by atoms with Gasteiger partial charge in [0, 0.05) is 43.3 Å². The number of likely N-dealkylation sites (N-methyl/N-ethyl adjacent to an activating group) is 1. The second kappa shape index (κ2) is 5.46. The van der Waals surface area contributed by atoms with Crippen molar-refractivity contribution >= 4 is 0 Å². The first-order valence-electron chi connectivity index (χ1n) is 9.76. The molecule has 5 unspecified atom stereocenters. The highest BCUT2D eigenvalue weighted by molar-refractivity contribution is 5.06. The number of piperazine rings is 1. The van der Waals surface area contributed by atoms with E-state index in [2.05, 4.69) is 42.4 Å². The number of likely N-dealkylation sites (tertiary alicyclic amines) is 3. The maximum absolute atomic E-state index is 2.88. The molecule has 3 heterocycles. The van der Waals surface area contributed by atoms with Gasteiger partial charge in [0.05, 0.1) is 0 Å². The SMILES string of the molecule is CCN1CC2CC1CC2CC(C)(C)N1CC2CC1CN2CC. The van der Waals surface area contributed by atoms with E-state index >= 15 is 0 Å². The lowest BCUT2D eigenvalue weighted by Gasteiger charge is -2.46. The van der Waals surface area contributed by atoms with Crippen LogP contribution in [0.3, 0.4) is 0 Å². The molecule has 0 aromatic heterocycles. The Morgan fingerprint density at radius 3 is 2.09 bits per heavy atom. The summed E-state index contributed by atoms with van der Waals surface area (Å²) in [6, 6.07) is 2.61. The van der Waals surface area contributed by atoms with E-state index in [0.717, 1.165) is 30.0 Å². The Kier molecular flexibility index (Phi) is 3.82. The fourth-order valence-electron chi connectivity index (χ4n) is 6.43. The van der Waals surface area contributed by atoms with Crippen LogP contribution in [0, 0.1) is 11.8 Å². The Morgan fingerprint density at radius 1 is 0.818 bits per heavy atom. The van der Waals surface area contributed by atoms with Crippen LogP contribution in [0.5, 0.6) is 0 Å². The third kappa shape index (κ3) is 2.35. The second-order valence-corrected chi connectivity index (χ2v) is 9.03. The van der Waals surface area contributed by atoms with Crippen LogP contribution in [0.25, 0.3) is 0 Å². The van der Waals surface area contributed by atoms with Gasteiger partial charge in [0.2, 0.25) is 0 Å². The van der Waals surface area contributed by atoms with Gasteiger partial charge in [-0.2, -0.15) is 0 Å². The zero-order chi connectivity index (χ0) is 15.5. The Morgan fingerprint density at radius 2 is 1.55 bits per heavy atom. The van der Waals surface area contributed by atoms with E-state index in [4.69, 9.17) is 0 Å². The lowest BCUT2D eigenvalue weighted by atomic mass is 9.81. The molecule has 0 aromatic rings. The summed E-state index contributed by atoms with van der Waals surface area (Å²) in [6.07, 6.45) is 5.83. The average molecular weight is 306 g/mol. The standard InChI is InChI=1S/C19H35N3/c1-5-20-11-15-8-16(20)7-14(15)10-19(3,4)22-13-17-9-18(22)12-21(17)6-2/h14-18H,5-13H2,1-4H3. The van der Waals surface area contributed by atoms with Gasteiger partial charge in [-0.3, -0.25) is 9.80 Å². The minimum Gasteiger partial charge on any atom is -0.300 e. The van der Waals surface area contributed by atoms with Crippen LogP contribution < -0.4 is 0 Å². The van der Waals surface area contributed by atoms with Crippen molar-refractivity contribution in [2.75, 3.05) is 32.7 Å². The van der Waals surface area contributed by atoms with Crippen LogP contribution in [0.1, 0.15) is 53.4 Å². The smallest absolute Gasteiger partial charge is 0.0244 e. The summed E-state index contributed by atoms with van der Waals surface area (Å²) in [5.41, 5.74) is 0.408. The Balaban J connectivity index is 1.38. The number of piperidine rings is 1. The monoisotopic (exact) mass is 305 g/mol. The minimum atomic E-state index is 0.408. The van der Waals surface area contributed by atoms with Crippen molar-refractivity contribution < 1.29 is 0 Å². The van der Waals surface area contributed by atoms with Gasteiger partial charge >= 0.3 is 0 Å². The topological polar surface area (TPSA) is 9.72 Å². The molecule has 126 valence electrons. The van der Waals surface area contributed by atoms with Crippen LogP contribution in [-0.2, 0) is 0 Å². The molecule has 0 aromatic carbocycles. The van der Waals surface area contributed by atoms with Crippen molar-refractivity contribution in [3.05, 3.63) is 0 Å². The number of rotatable bonds is 5. The molecular weight excluding hydrogens is 270 g/mol. The predicted octanol–water partition coefficient (Wildman–Crippen LogP) is 2.66. The van der Waals surface area contributed by atoms with E-state index in [-0.39, 0.29) is 0 Å². The zero-order valence-corrected chi connectivity index (χ0v) is 15.1. The second-order valence-electron chi connectivity index (χ2n) is 9.03. The first kappa shape index (κ1) is 15.4. The zero-order valence-electron chi connectivity index (χ0n) is 15.1. The lowest BCUT2D eigenvalue weighted by molar-refractivity contribution is 0.0245. The molecule has 3 aliphatic heterocycles. The Hall–Kier alpha value is -0.120. The highest BCUT2D eigenvalue weighted by Crippen LogP contribution is 2.47. The number of hydrogen-bond donors (Lipinski definition) is 0. The molecule has 3 nitrogen and oxygen atoms in total. The normalized spacial score (nSPS) is 42.8. The van der Waals surface area contributed by atoms with Gasteiger partial charge in [-0.1, -0.05) is 13.8 Å². The van der Waals surface area contributed by atoms with E-state index in [1.807, 2.05) is 0 Å². The molecule has 4 aliphatic rings. The molecule has 4 fully saturated rings. The minimum absolute atomic E-state index is 0.408.